The first-order chi connectivity index (χ1) is 10.1. The van der Waals surface area contributed by atoms with Gasteiger partial charge in [-0.25, -0.2) is 8.42 Å². The first-order valence-corrected chi connectivity index (χ1v) is 8.93. The van der Waals surface area contributed by atoms with Crippen LogP contribution in [0.4, 0.5) is 10.7 Å². The highest BCUT2D eigenvalue weighted by atomic mass is 32.2. The molecule has 0 fully saturated rings. The first-order valence-electron chi connectivity index (χ1n) is 6.22. The van der Waals surface area contributed by atoms with E-state index < -0.39 is 14.8 Å². The molecule has 0 amide bonds. The minimum absolute atomic E-state index is 0.0280. The summed E-state index contributed by atoms with van der Waals surface area (Å²) in [7, 11) is -1.83. The van der Waals surface area contributed by atoms with Crippen LogP contribution in [0, 0.1) is 24.0 Å². The second-order valence-corrected chi connectivity index (χ2v) is 8.22. The number of sulfone groups is 1. The van der Waals surface area contributed by atoms with Crippen molar-refractivity contribution in [3.63, 3.8) is 0 Å². The van der Waals surface area contributed by atoms with Gasteiger partial charge in [0, 0.05) is 31.5 Å². The maximum absolute atomic E-state index is 11.6. The number of anilines is 1. The molecule has 0 atom stereocenters. The summed E-state index contributed by atoms with van der Waals surface area (Å²) in [6, 6.07) is 1.10. The van der Waals surface area contributed by atoms with Gasteiger partial charge in [-0.15, -0.1) is 0 Å². The standard InChI is InChI=1S/C12H15N3O5S2/c1-7-9(8(2)20-13-7)6-14(3)12-10(15(16)17)5-11(21-12)22(4,18)19/h5H,6H2,1-4H3. The van der Waals surface area contributed by atoms with Gasteiger partial charge in [0.15, 0.2) is 14.8 Å². The zero-order chi connectivity index (χ0) is 16.7. The molecule has 22 heavy (non-hydrogen) atoms. The van der Waals surface area contributed by atoms with E-state index in [0.717, 1.165) is 29.2 Å². The maximum atomic E-state index is 11.6. The van der Waals surface area contributed by atoms with Crippen LogP contribution < -0.4 is 4.90 Å². The van der Waals surface area contributed by atoms with Gasteiger partial charge in [0.05, 0.1) is 10.6 Å². The Balaban J connectivity index is 2.43. The van der Waals surface area contributed by atoms with Gasteiger partial charge in [-0.1, -0.05) is 16.5 Å². The molecule has 0 aliphatic heterocycles. The number of hydrogen-bond donors (Lipinski definition) is 0. The van der Waals surface area contributed by atoms with E-state index in [1.807, 2.05) is 0 Å². The van der Waals surface area contributed by atoms with Crippen LogP contribution in [0.2, 0.25) is 0 Å². The largest absolute Gasteiger partial charge is 0.361 e. The van der Waals surface area contributed by atoms with Gasteiger partial charge in [-0.2, -0.15) is 0 Å². The van der Waals surface area contributed by atoms with Gasteiger partial charge < -0.3 is 9.42 Å². The third kappa shape index (κ3) is 3.12. The van der Waals surface area contributed by atoms with Crippen molar-refractivity contribution in [3.8, 4) is 0 Å². The van der Waals surface area contributed by atoms with Gasteiger partial charge in [0.2, 0.25) is 0 Å². The van der Waals surface area contributed by atoms with E-state index in [4.69, 9.17) is 4.52 Å². The molecule has 2 heterocycles. The van der Waals surface area contributed by atoms with Crippen molar-refractivity contribution in [1.29, 1.82) is 0 Å². The van der Waals surface area contributed by atoms with Crippen LogP contribution in [0.15, 0.2) is 14.8 Å². The maximum Gasteiger partial charge on any atom is 0.305 e. The van der Waals surface area contributed by atoms with Crippen LogP contribution in [0.5, 0.6) is 0 Å². The fraction of sp³-hybridized carbons (Fsp3) is 0.417. The summed E-state index contributed by atoms with van der Waals surface area (Å²) in [6.07, 6.45) is 1.03. The van der Waals surface area contributed by atoms with Crippen molar-refractivity contribution in [3.05, 3.63) is 33.2 Å². The lowest BCUT2D eigenvalue weighted by molar-refractivity contribution is -0.383. The Morgan fingerprint density at radius 1 is 1.45 bits per heavy atom. The number of nitrogens with zero attached hydrogens (tertiary/aromatic N) is 3. The minimum Gasteiger partial charge on any atom is -0.361 e. The Morgan fingerprint density at radius 3 is 2.55 bits per heavy atom. The van der Waals surface area contributed by atoms with Crippen LogP contribution in [0.1, 0.15) is 17.0 Å². The van der Waals surface area contributed by atoms with Crippen molar-refractivity contribution < 1.29 is 17.9 Å². The monoisotopic (exact) mass is 345 g/mol. The topological polar surface area (TPSA) is 107 Å². The Morgan fingerprint density at radius 2 is 2.09 bits per heavy atom. The second kappa shape index (κ2) is 5.69. The number of hydrogen-bond acceptors (Lipinski definition) is 8. The molecule has 0 radical (unpaired) electrons. The molecule has 0 bridgehead atoms. The molecule has 0 saturated heterocycles. The Kier molecular flexibility index (Phi) is 4.25. The van der Waals surface area contributed by atoms with Gasteiger partial charge in [-0.05, 0) is 13.8 Å². The number of nitro groups is 1. The molecule has 0 saturated carbocycles. The molecule has 120 valence electrons. The second-order valence-electron chi connectivity index (χ2n) is 4.94. The summed E-state index contributed by atoms with van der Waals surface area (Å²) in [4.78, 5) is 12.2. The van der Waals surface area contributed by atoms with Crippen LogP contribution in [-0.4, -0.2) is 31.8 Å². The number of aryl methyl sites for hydroxylation is 2. The average molecular weight is 345 g/mol. The molecule has 0 aromatic carbocycles. The highest BCUT2D eigenvalue weighted by Gasteiger charge is 2.27. The molecule has 2 aromatic heterocycles. The van der Waals surface area contributed by atoms with Crippen molar-refractivity contribution in [2.75, 3.05) is 18.2 Å². The van der Waals surface area contributed by atoms with E-state index in [1.165, 1.54) is 0 Å². The predicted octanol–water partition coefficient (Wildman–Crippen LogP) is 2.30. The molecule has 0 unspecified atom stereocenters. The van der Waals surface area contributed by atoms with Gasteiger partial charge >= 0.3 is 5.69 Å². The number of rotatable bonds is 5. The fourth-order valence-electron chi connectivity index (χ4n) is 1.97. The van der Waals surface area contributed by atoms with E-state index in [9.17, 15) is 18.5 Å². The molecule has 2 aromatic rings. The SMILES string of the molecule is Cc1noc(C)c1CN(C)c1sc(S(C)(=O)=O)cc1[N+](=O)[O-]. The van der Waals surface area contributed by atoms with Crippen molar-refractivity contribution in [2.45, 2.75) is 24.6 Å². The van der Waals surface area contributed by atoms with Gasteiger partial charge in [0.1, 0.15) is 9.97 Å². The fourth-order valence-corrected chi connectivity index (χ4v) is 3.96. The normalized spacial score (nSPS) is 11.6. The molecular formula is C12H15N3O5S2. The van der Waals surface area contributed by atoms with E-state index in [0.29, 0.717) is 18.0 Å². The van der Waals surface area contributed by atoms with E-state index in [2.05, 4.69) is 5.16 Å². The Hall–Kier alpha value is -1.94. The highest BCUT2D eigenvalue weighted by molar-refractivity contribution is 7.92. The smallest absolute Gasteiger partial charge is 0.305 e. The van der Waals surface area contributed by atoms with Crippen molar-refractivity contribution in [1.82, 2.24) is 5.16 Å². The molecule has 2 rings (SSSR count). The summed E-state index contributed by atoms with van der Waals surface area (Å²) in [5.41, 5.74) is 1.30. The highest BCUT2D eigenvalue weighted by Crippen LogP contribution is 2.40. The van der Waals surface area contributed by atoms with E-state index in [-0.39, 0.29) is 14.9 Å². The molecule has 0 spiro atoms. The predicted molar refractivity (Wildman–Crippen MR) is 82.2 cm³/mol. The third-order valence-electron chi connectivity index (χ3n) is 3.16. The molecular weight excluding hydrogens is 330 g/mol. The average Bonchev–Trinajstić information content (AvgIpc) is 2.97. The zero-order valence-electron chi connectivity index (χ0n) is 12.5. The first kappa shape index (κ1) is 16.4. The van der Waals surface area contributed by atoms with Crippen LogP contribution in [-0.2, 0) is 16.4 Å². The molecule has 0 aliphatic rings. The Bertz CT molecular complexity index is 802. The summed E-state index contributed by atoms with van der Waals surface area (Å²) >= 11 is 0.882. The molecule has 8 nitrogen and oxygen atoms in total. The van der Waals surface area contributed by atoms with Crippen LogP contribution in [0.25, 0.3) is 0 Å². The lowest BCUT2D eigenvalue weighted by atomic mass is 10.2. The lowest BCUT2D eigenvalue weighted by Crippen LogP contribution is -2.17. The molecule has 10 heteroatoms. The number of thiophene rings is 1. The quantitative estimate of drug-likeness (QED) is 0.604. The summed E-state index contributed by atoms with van der Waals surface area (Å²) in [5.74, 6) is 0.631. The third-order valence-corrected chi connectivity index (χ3v) is 6.20. The van der Waals surface area contributed by atoms with Gasteiger partial charge in [-0.3, -0.25) is 10.1 Å². The van der Waals surface area contributed by atoms with Crippen molar-refractivity contribution >= 4 is 31.9 Å². The summed E-state index contributed by atoms with van der Waals surface area (Å²) in [5, 5.41) is 15.3. The molecule has 0 N–H and O–H groups in total. The van der Waals surface area contributed by atoms with E-state index in [1.54, 1.807) is 25.8 Å². The van der Waals surface area contributed by atoms with E-state index >= 15 is 0 Å². The zero-order valence-corrected chi connectivity index (χ0v) is 14.1. The van der Waals surface area contributed by atoms with Crippen LogP contribution >= 0.6 is 11.3 Å². The molecule has 0 aliphatic carbocycles. The van der Waals surface area contributed by atoms with Crippen LogP contribution in [0.3, 0.4) is 0 Å². The summed E-state index contributed by atoms with van der Waals surface area (Å²) in [6.45, 7) is 3.88. The summed E-state index contributed by atoms with van der Waals surface area (Å²) < 4.78 is 28.3. The minimum atomic E-state index is -3.49. The number of aromatic nitrogens is 1. The lowest BCUT2D eigenvalue weighted by Gasteiger charge is -2.16. The van der Waals surface area contributed by atoms with Crippen molar-refractivity contribution in [2.24, 2.45) is 0 Å². The Labute approximate surface area is 131 Å². The van der Waals surface area contributed by atoms with Gasteiger partial charge in [0.25, 0.3) is 0 Å².